The van der Waals surface area contributed by atoms with Gasteiger partial charge in [0.25, 0.3) is 0 Å². The summed E-state index contributed by atoms with van der Waals surface area (Å²) in [4.78, 5) is 0.119. The SMILES string of the molecule is CCCc1ccc(C(Br)c2cccc(Br)c2Cl)cc1. The van der Waals surface area contributed by atoms with E-state index < -0.39 is 0 Å². The van der Waals surface area contributed by atoms with Crippen LogP contribution in [0.2, 0.25) is 5.02 Å². The van der Waals surface area contributed by atoms with Crippen LogP contribution in [0.5, 0.6) is 0 Å². The molecule has 1 atom stereocenters. The van der Waals surface area contributed by atoms with E-state index >= 15 is 0 Å². The van der Waals surface area contributed by atoms with E-state index in [-0.39, 0.29) is 4.83 Å². The minimum atomic E-state index is 0.119. The molecule has 0 spiro atoms. The van der Waals surface area contributed by atoms with E-state index in [1.165, 1.54) is 17.5 Å². The van der Waals surface area contributed by atoms with Crippen molar-refractivity contribution in [3.63, 3.8) is 0 Å². The molecule has 2 rings (SSSR count). The molecule has 2 aromatic carbocycles. The maximum absolute atomic E-state index is 6.34. The second-order valence-corrected chi connectivity index (χ2v) is 6.65. The number of benzene rings is 2. The summed E-state index contributed by atoms with van der Waals surface area (Å²) in [6, 6.07) is 14.7. The van der Waals surface area contributed by atoms with Gasteiger partial charge in [-0.15, -0.1) is 0 Å². The fourth-order valence-electron chi connectivity index (χ4n) is 2.04. The van der Waals surface area contributed by atoms with Gasteiger partial charge in [-0.3, -0.25) is 0 Å². The summed E-state index contributed by atoms with van der Waals surface area (Å²) < 4.78 is 0.929. The van der Waals surface area contributed by atoms with Gasteiger partial charge in [-0.25, -0.2) is 0 Å². The molecule has 0 radical (unpaired) electrons. The van der Waals surface area contributed by atoms with Crippen molar-refractivity contribution in [2.75, 3.05) is 0 Å². The molecule has 3 heteroatoms. The van der Waals surface area contributed by atoms with E-state index in [2.05, 4.69) is 63.0 Å². The van der Waals surface area contributed by atoms with Crippen LogP contribution in [0, 0.1) is 0 Å². The molecule has 100 valence electrons. The molecule has 0 bridgehead atoms. The normalized spacial score (nSPS) is 12.4. The lowest BCUT2D eigenvalue weighted by Crippen LogP contribution is -1.95. The quantitative estimate of drug-likeness (QED) is 0.509. The summed E-state index contributed by atoms with van der Waals surface area (Å²) in [6.07, 6.45) is 2.30. The van der Waals surface area contributed by atoms with Crippen molar-refractivity contribution in [2.45, 2.75) is 24.6 Å². The van der Waals surface area contributed by atoms with Gasteiger partial charge in [-0.1, -0.05) is 77.3 Å². The zero-order chi connectivity index (χ0) is 13.8. The summed E-state index contributed by atoms with van der Waals surface area (Å²) in [5.41, 5.74) is 3.69. The first-order valence-corrected chi connectivity index (χ1v) is 8.39. The van der Waals surface area contributed by atoms with Crippen molar-refractivity contribution in [3.8, 4) is 0 Å². The minimum absolute atomic E-state index is 0.119. The van der Waals surface area contributed by atoms with Crippen LogP contribution in [0.4, 0.5) is 0 Å². The Morgan fingerprint density at radius 3 is 2.42 bits per heavy atom. The summed E-state index contributed by atoms with van der Waals surface area (Å²) >= 11 is 13.5. The molecule has 1 unspecified atom stereocenters. The van der Waals surface area contributed by atoms with E-state index in [4.69, 9.17) is 11.6 Å². The third-order valence-corrected chi connectivity index (χ3v) is 5.40. The van der Waals surface area contributed by atoms with Gasteiger partial charge >= 0.3 is 0 Å². The highest BCUT2D eigenvalue weighted by molar-refractivity contribution is 9.10. The smallest absolute Gasteiger partial charge is 0.0659 e. The lowest BCUT2D eigenvalue weighted by atomic mass is 10.0. The highest BCUT2D eigenvalue weighted by Crippen LogP contribution is 2.38. The van der Waals surface area contributed by atoms with Crippen LogP contribution in [0.25, 0.3) is 0 Å². The van der Waals surface area contributed by atoms with Gasteiger partial charge in [0.05, 0.1) is 9.85 Å². The maximum Gasteiger partial charge on any atom is 0.0659 e. The second-order valence-electron chi connectivity index (χ2n) is 4.50. The van der Waals surface area contributed by atoms with Crippen LogP contribution >= 0.6 is 43.5 Å². The Morgan fingerprint density at radius 2 is 1.79 bits per heavy atom. The highest BCUT2D eigenvalue weighted by atomic mass is 79.9. The Morgan fingerprint density at radius 1 is 1.11 bits per heavy atom. The Kier molecular flexibility index (Phi) is 5.49. The van der Waals surface area contributed by atoms with Crippen LogP contribution in [-0.4, -0.2) is 0 Å². The average Bonchev–Trinajstić information content (AvgIpc) is 2.42. The van der Waals surface area contributed by atoms with Gasteiger partial charge in [-0.05, 0) is 45.1 Å². The molecular formula is C16H15Br2Cl. The lowest BCUT2D eigenvalue weighted by molar-refractivity contribution is 0.920. The number of aryl methyl sites for hydroxylation is 1. The van der Waals surface area contributed by atoms with Crippen LogP contribution in [0.1, 0.15) is 34.9 Å². The zero-order valence-corrected chi connectivity index (χ0v) is 14.6. The molecule has 0 aliphatic rings. The van der Waals surface area contributed by atoms with Crippen molar-refractivity contribution in [3.05, 3.63) is 68.7 Å². The molecule has 0 aliphatic heterocycles. The van der Waals surface area contributed by atoms with Crippen molar-refractivity contribution in [1.29, 1.82) is 0 Å². The third-order valence-electron chi connectivity index (χ3n) is 3.07. The predicted octanol–water partition coefficient (Wildman–Crippen LogP) is 6.54. The first-order chi connectivity index (χ1) is 9.13. The van der Waals surface area contributed by atoms with Gasteiger partial charge in [0.2, 0.25) is 0 Å². The molecule has 19 heavy (non-hydrogen) atoms. The molecule has 0 aliphatic carbocycles. The highest BCUT2D eigenvalue weighted by Gasteiger charge is 2.15. The number of alkyl halides is 1. The van der Waals surface area contributed by atoms with Gasteiger partial charge in [0, 0.05) is 4.47 Å². The van der Waals surface area contributed by atoms with Crippen molar-refractivity contribution in [2.24, 2.45) is 0 Å². The molecule has 0 amide bonds. The van der Waals surface area contributed by atoms with Crippen molar-refractivity contribution >= 4 is 43.5 Å². The van der Waals surface area contributed by atoms with E-state index in [0.29, 0.717) is 0 Å². The van der Waals surface area contributed by atoms with E-state index in [1.54, 1.807) is 0 Å². The Balaban J connectivity index is 2.28. The molecule has 0 aromatic heterocycles. The van der Waals surface area contributed by atoms with Crippen LogP contribution < -0.4 is 0 Å². The number of rotatable bonds is 4. The van der Waals surface area contributed by atoms with E-state index in [1.807, 2.05) is 18.2 Å². The van der Waals surface area contributed by atoms with Gasteiger partial charge in [0.1, 0.15) is 0 Å². The molecule has 0 saturated heterocycles. The van der Waals surface area contributed by atoms with Gasteiger partial charge in [-0.2, -0.15) is 0 Å². The molecule has 2 aromatic rings. The molecule has 0 nitrogen and oxygen atoms in total. The summed E-state index contributed by atoms with van der Waals surface area (Å²) in [5, 5.41) is 0.766. The number of hydrogen-bond donors (Lipinski definition) is 0. The largest absolute Gasteiger partial charge is 0.0827 e. The molecule has 0 saturated carbocycles. The molecular weight excluding hydrogens is 387 g/mol. The molecule has 0 N–H and O–H groups in total. The number of halogens is 3. The predicted molar refractivity (Wildman–Crippen MR) is 90.4 cm³/mol. The monoisotopic (exact) mass is 400 g/mol. The fourth-order valence-corrected chi connectivity index (χ4v) is 3.47. The van der Waals surface area contributed by atoms with E-state index in [0.717, 1.165) is 21.5 Å². The summed E-state index contributed by atoms with van der Waals surface area (Å²) in [5.74, 6) is 0. The Labute approximate surface area is 136 Å². The maximum atomic E-state index is 6.34. The minimum Gasteiger partial charge on any atom is -0.0827 e. The lowest BCUT2D eigenvalue weighted by Gasteiger charge is -2.14. The average molecular weight is 403 g/mol. The summed E-state index contributed by atoms with van der Waals surface area (Å²) in [7, 11) is 0. The zero-order valence-electron chi connectivity index (χ0n) is 10.7. The van der Waals surface area contributed by atoms with E-state index in [9.17, 15) is 0 Å². The van der Waals surface area contributed by atoms with Crippen molar-refractivity contribution in [1.82, 2.24) is 0 Å². The van der Waals surface area contributed by atoms with Crippen LogP contribution in [-0.2, 0) is 6.42 Å². The topological polar surface area (TPSA) is 0 Å². The first kappa shape index (κ1) is 15.1. The van der Waals surface area contributed by atoms with Crippen LogP contribution in [0.3, 0.4) is 0 Å². The standard InChI is InChI=1S/C16H15Br2Cl/c1-2-4-11-7-9-12(10-8-11)15(18)13-5-3-6-14(17)16(13)19/h3,5-10,15H,2,4H2,1H3. The van der Waals surface area contributed by atoms with Crippen LogP contribution in [0.15, 0.2) is 46.9 Å². The van der Waals surface area contributed by atoms with Crippen molar-refractivity contribution < 1.29 is 0 Å². The Bertz CT molecular complexity index is 549. The fraction of sp³-hybridized carbons (Fsp3) is 0.250. The Hall–Kier alpha value is -0.310. The molecule has 0 fully saturated rings. The number of hydrogen-bond acceptors (Lipinski definition) is 0. The van der Waals surface area contributed by atoms with Gasteiger partial charge in [0.15, 0.2) is 0 Å². The third kappa shape index (κ3) is 3.62. The summed E-state index contributed by atoms with van der Waals surface area (Å²) in [6.45, 7) is 2.20. The second kappa shape index (κ2) is 6.92. The van der Waals surface area contributed by atoms with Gasteiger partial charge < -0.3 is 0 Å². The first-order valence-electron chi connectivity index (χ1n) is 6.30. The molecule has 0 heterocycles.